The van der Waals surface area contributed by atoms with E-state index in [-0.39, 0.29) is 6.42 Å². The van der Waals surface area contributed by atoms with Gasteiger partial charge < -0.3 is 20.3 Å². The Balaban J connectivity index is 2.17. The van der Waals surface area contributed by atoms with E-state index in [0.29, 0.717) is 4.57 Å². The van der Waals surface area contributed by atoms with E-state index in [2.05, 4.69) is 10.1 Å². The summed E-state index contributed by atoms with van der Waals surface area (Å²) in [6, 6.07) is 9.65. The highest BCUT2D eigenvalue weighted by Gasteiger charge is 2.24. The molecule has 116 valence electrons. The predicted molar refractivity (Wildman–Crippen MR) is 77.6 cm³/mol. The largest absolute Gasteiger partial charge is 0.494 e. The maximum Gasteiger partial charge on any atom is 0.332 e. The minimum atomic E-state index is -0.943. The van der Waals surface area contributed by atoms with Crippen LogP contribution in [-0.2, 0) is 16.0 Å². The Morgan fingerprint density at radius 2 is 1.73 bits per heavy atom. The third-order valence-electron chi connectivity index (χ3n) is 3.11. The van der Waals surface area contributed by atoms with Gasteiger partial charge >= 0.3 is 12.0 Å². The van der Waals surface area contributed by atoms with Gasteiger partial charge in [-0.05, 0) is 5.56 Å². The lowest BCUT2D eigenvalue weighted by Crippen LogP contribution is -2.44. The first kappa shape index (κ1) is 15.4. The van der Waals surface area contributed by atoms with E-state index in [1.807, 2.05) is 30.3 Å². The Morgan fingerprint density at radius 1 is 1.14 bits per heavy atom. The molecule has 1 amide bonds. The highest BCUT2D eigenvalue weighted by molar-refractivity contribution is 5.86. The third-order valence-corrected chi connectivity index (χ3v) is 3.11. The number of rotatable bonds is 4. The van der Waals surface area contributed by atoms with Crippen molar-refractivity contribution in [1.82, 2.24) is 9.88 Å². The molecule has 22 heavy (non-hydrogen) atoms. The van der Waals surface area contributed by atoms with E-state index in [0.717, 1.165) is 5.56 Å². The Bertz CT molecular complexity index is 646. The quantitative estimate of drug-likeness (QED) is 0.738. The number of ether oxygens (including phenoxy) is 1. The number of amides is 1. The fourth-order valence-electron chi connectivity index (χ4n) is 2.02. The molecule has 2 rings (SSSR count). The predicted octanol–water partition coefficient (Wildman–Crippen LogP) is 1.24. The molecule has 7 nitrogen and oxygen atoms in total. The molecule has 7 heteroatoms. The van der Waals surface area contributed by atoms with Gasteiger partial charge in [0.25, 0.3) is 0 Å². The average molecular weight is 304 g/mol. The highest BCUT2D eigenvalue weighted by Crippen LogP contribution is 2.20. The van der Waals surface area contributed by atoms with Crippen LogP contribution in [0, 0.1) is 0 Å². The van der Waals surface area contributed by atoms with Crippen molar-refractivity contribution in [2.45, 2.75) is 12.5 Å². The van der Waals surface area contributed by atoms with E-state index >= 15 is 0 Å². The molecule has 3 N–H and O–H groups in total. The lowest BCUT2D eigenvalue weighted by molar-refractivity contribution is -0.142. The molecule has 1 aromatic heterocycles. The van der Waals surface area contributed by atoms with Gasteiger partial charge in [0.1, 0.15) is 6.04 Å². The first-order chi connectivity index (χ1) is 10.5. The molecule has 0 radical (unpaired) electrons. The molecule has 0 spiro atoms. The van der Waals surface area contributed by atoms with Gasteiger partial charge in [-0.25, -0.2) is 14.2 Å². The number of aromatic nitrogens is 1. The van der Waals surface area contributed by atoms with Crippen LogP contribution in [0.4, 0.5) is 4.79 Å². The molecule has 1 aromatic carbocycles. The third kappa shape index (κ3) is 3.38. The van der Waals surface area contributed by atoms with Gasteiger partial charge in [-0.3, -0.25) is 0 Å². The first-order valence-electron chi connectivity index (χ1n) is 6.55. The van der Waals surface area contributed by atoms with Gasteiger partial charge in [0.05, 0.1) is 7.11 Å². The van der Waals surface area contributed by atoms with Gasteiger partial charge in [0.15, 0.2) is 0 Å². The molecule has 0 unspecified atom stereocenters. The second-order valence-corrected chi connectivity index (χ2v) is 4.60. The number of nitrogens with one attached hydrogen (secondary N) is 1. The summed E-state index contributed by atoms with van der Waals surface area (Å²) in [6.45, 7) is 0. The number of esters is 1. The van der Waals surface area contributed by atoms with Crippen LogP contribution in [0.2, 0.25) is 0 Å². The molecule has 0 fully saturated rings. The van der Waals surface area contributed by atoms with Crippen LogP contribution in [0.1, 0.15) is 5.56 Å². The maximum absolute atomic E-state index is 12.1. The van der Waals surface area contributed by atoms with Crippen molar-refractivity contribution in [1.29, 1.82) is 0 Å². The number of nitrogens with zero attached hydrogens (tertiary/aromatic N) is 1. The van der Waals surface area contributed by atoms with Crippen LogP contribution in [0.3, 0.4) is 0 Å². The zero-order valence-corrected chi connectivity index (χ0v) is 11.9. The number of carbonyl (C=O) groups excluding carboxylic acids is 2. The normalized spacial score (nSPS) is 11.7. The van der Waals surface area contributed by atoms with Crippen LogP contribution >= 0.6 is 0 Å². The summed E-state index contributed by atoms with van der Waals surface area (Å²) in [5.74, 6) is -1.49. The molecule has 0 bridgehead atoms. The molecular formula is C15H16N2O5. The van der Waals surface area contributed by atoms with Crippen LogP contribution in [-0.4, -0.2) is 39.9 Å². The van der Waals surface area contributed by atoms with Crippen molar-refractivity contribution < 1.29 is 24.5 Å². The van der Waals surface area contributed by atoms with E-state index in [1.54, 1.807) is 0 Å². The summed E-state index contributed by atoms with van der Waals surface area (Å²) < 4.78 is 5.33. The summed E-state index contributed by atoms with van der Waals surface area (Å²) in [5, 5.41) is 21.5. The van der Waals surface area contributed by atoms with E-state index in [1.165, 1.54) is 19.2 Å². The highest BCUT2D eigenvalue weighted by atomic mass is 16.5. The number of hydrogen-bond acceptors (Lipinski definition) is 5. The van der Waals surface area contributed by atoms with Crippen molar-refractivity contribution in [3.63, 3.8) is 0 Å². The SMILES string of the molecule is COC(=O)[C@H](Cc1ccccc1)NC(=O)n1c(O)ccc1O. The second kappa shape index (κ2) is 6.66. The van der Waals surface area contributed by atoms with Crippen molar-refractivity contribution in [2.75, 3.05) is 7.11 Å². The smallest absolute Gasteiger partial charge is 0.332 e. The fourth-order valence-corrected chi connectivity index (χ4v) is 2.02. The van der Waals surface area contributed by atoms with Crippen molar-refractivity contribution >= 4 is 12.0 Å². The van der Waals surface area contributed by atoms with Crippen molar-refractivity contribution in [2.24, 2.45) is 0 Å². The van der Waals surface area contributed by atoms with Crippen LogP contribution in [0.25, 0.3) is 0 Å². The van der Waals surface area contributed by atoms with Crippen LogP contribution in [0.5, 0.6) is 11.8 Å². The molecular weight excluding hydrogens is 288 g/mol. The van der Waals surface area contributed by atoms with Crippen LogP contribution < -0.4 is 5.32 Å². The maximum atomic E-state index is 12.1. The Morgan fingerprint density at radius 3 is 2.27 bits per heavy atom. The Hall–Kier alpha value is -2.96. The molecule has 0 aliphatic carbocycles. The van der Waals surface area contributed by atoms with Crippen LogP contribution in [0.15, 0.2) is 42.5 Å². The number of hydrogen-bond donors (Lipinski definition) is 3. The standard InChI is InChI=1S/C15H16N2O5/c1-22-14(20)11(9-10-5-3-2-4-6-10)16-15(21)17-12(18)7-8-13(17)19/h2-8,11,18-19H,9H2,1H3,(H,16,21)/t11-/m0/s1. The zero-order valence-electron chi connectivity index (χ0n) is 11.9. The summed E-state index contributed by atoms with van der Waals surface area (Å²) >= 11 is 0. The monoisotopic (exact) mass is 304 g/mol. The van der Waals surface area contributed by atoms with Crippen molar-refractivity contribution in [3.05, 3.63) is 48.0 Å². The minimum absolute atomic E-state index is 0.224. The number of carbonyl (C=O) groups is 2. The lowest BCUT2D eigenvalue weighted by Gasteiger charge is -2.17. The minimum Gasteiger partial charge on any atom is -0.494 e. The molecule has 0 aliphatic rings. The zero-order chi connectivity index (χ0) is 16.1. The summed E-state index contributed by atoms with van der Waals surface area (Å²) in [7, 11) is 1.22. The topological polar surface area (TPSA) is 101 Å². The number of aromatic hydroxyl groups is 2. The Kier molecular flexibility index (Phi) is 4.67. The Labute approximate surface area is 126 Å². The number of methoxy groups -OCH3 is 1. The molecule has 1 heterocycles. The van der Waals surface area contributed by atoms with Gasteiger partial charge in [0.2, 0.25) is 11.8 Å². The molecule has 0 saturated carbocycles. The molecule has 1 atom stereocenters. The summed E-state index contributed by atoms with van der Waals surface area (Å²) in [6.07, 6.45) is 0.224. The average Bonchev–Trinajstić information content (AvgIpc) is 2.85. The number of benzene rings is 1. The summed E-state index contributed by atoms with van der Waals surface area (Å²) in [4.78, 5) is 23.9. The molecule has 0 aliphatic heterocycles. The molecule has 2 aromatic rings. The van der Waals surface area contributed by atoms with Gasteiger partial charge in [-0.1, -0.05) is 30.3 Å². The lowest BCUT2D eigenvalue weighted by atomic mass is 10.1. The van der Waals surface area contributed by atoms with E-state index in [4.69, 9.17) is 0 Å². The van der Waals surface area contributed by atoms with E-state index in [9.17, 15) is 19.8 Å². The van der Waals surface area contributed by atoms with Crippen molar-refractivity contribution in [3.8, 4) is 11.8 Å². The van der Waals surface area contributed by atoms with Gasteiger partial charge in [-0.2, -0.15) is 0 Å². The first-order valence-corrected chi connectivity index (χ1v) is 6.55. The summed E-state index contributed by atoms with van der Waals surface area (Å²) in [5.41, 5.74) is 0.833. The van der Waals surface area contributed by atoms with Gasteiger partial charge in [0, 0.05) is 18.6 Å². The van der Waals surface area contributed by atoms with E-state index < -0.39 is 29.8 Å². The van der Waals surface area contributed by atoms with Gasteiger partial charge in [-0.15, -0.1) is 0 Å². The fraction of sp³-hybridized carbons (Fsp3) is 0.200. The molecule has 0 saturated heterocycles. The second-order valence-electron chi connectivity index (χ2n) is 4.60.